The van der Waals surface area contributed by atoms with Gasteiger partial charge in [0.1, 0.15) is 6.29 Å². The van der Waals surface area contributed by atoms with Crippen LogP contribution in [0.25, 0.3) is 0 Å². The highest BCUT2D eigenvalue weighted by Gasteiger charge is 2.13. The summed E-state index contributed by atoms with van der Waals surface area (Å²) in [5, 5.41) is 16.8. The number of carbonyl (C=O) groups is 3. The minimum absolute atomic E-state index is 0.0400. The van der Waals surface area contributed by atoms with Crippen molar-refractivity contribution < 1.29 is 24.6 Å². The van der Waals surface area contributed by atoms with E-state index in [1.54, 1.807) is 0 Å². The lowest BCUT2D eigenvalue weighted by molar-refractivity contribution is -0.139. The molecule has 0 aromatic heterocycles. The van der Waals surface area contributed by atoms with Crippen molar-refractivity contribution in [3.8, 4) is 0 Å². The molecule has 0 aliphatic heterocycles. The van der Waals surface area contributed by atoms with Gasteiger partial charge in [-0.1, -0.05) is 27.7 Å². The largest absolute Gasteiger partial charge is 0.481 e. The number of hydrogen-bond donors (Lipinski definition) is 3. The maximum absolute atomic E-state index is 10.3. The maximum atomic E-state index is 10.3. The lowest BCUT2D eigenvalue weighted by Gasteiger charge is -2.13. The molecule has 0 amide bonds. The molecule has 22 heavy (non-hydrogen) atoms. The fourth-order valence-corrected chi connectivity index (χ4v) is 2.19. The van der Waals surface area contributed by atoms with Crippen LogP contribution in [0.5, 0.6) is 0 Å². The Kier molecular flexibility index (Phi) is 13.8. The highest BCUT2D eigenvalue weighted by molar-refractivity contribution is 5.71. The highest BCUT2D eigenvalue weighted by atomic mass is 16.4. The molecule has 6 nitrogen and oxygen atoms in total. The van der Waals surface area contributed by atoms with E-state index in [2.05, 4.69) is 13.8 Å². The van der Waals surface area contributed by atoms with Gasteiger partial charge in [-0.05, 0) is 37.1 Å². The predicted molar refractivity (Wildman–Crippen MR) is 85.5 cm³/mol. The molecular formula is C16H31NO5. The molecule has 0 aromatic rings. The van der Waals surface area contributed by atoms with Gasteiger partial charge in [0.05, 0.1) is 6.42 Å². The van der Waals surface area contributed by atoms with E-state index < -0.39 is 11.9 Å². The van der Waals surface area contributed by atoms with Gasteiger partial charge in [0.2, 0.25) is 0 Å². The van der Waals surface area contributed by atoms with Gasteiger partial charge in [-0.25, -0.2) is 0 Å². The first-order valence-electron chi connectivity index (χ1n) is 7.71. The van der Waals surface area contributed by atoms with Crippen molar-refractivity contribution in [2.45, 2.75) is 53.4 Å². The Morgan fingerprint density at radius 3 is 1.68 bits per heavy atom. The molecule has 0 radical (unpaired) electrons. The molecule has 0 spiro atoms. The lowest BCUT2D eigenvalue weighted by atomic mass is 9.94. The topological polar surface area (TPSA) is 118 Å². The van der Waals surface area contributed by atoms with E-state index in [0.717, 1.165) is 12.7 Å². The van der Waals surface area contributed by atoms with Gasteiger partial charge < -0.3 is 20.7 Å². The molecule has 0 rings (SSSR count). The SMILES string of the molecule is CC(C)CC(C=O)CC(=O)O.CC(C)CC(CN)CC(=O)O. The Hall–Kier alpha value is -1.43. The molecule has 0 saturated heterocycles. The van der Waals surface area contributed by atoms with Crippen LogP contribution in [-0.2, 0) is 14.4 Å². The fourth-order valence-electron chi connectivity index (χ4n) is 2.19. The Bertz CT molecular complexity index is 328. The van der Waals surface area contributed by atoms with Crippen molar-refractivity contribution in [2.75, 3.05) is 6.54 Å². The molecule has 0 aliphatic carbocycles. The monoisotopic (exact) mass is 317 g/mol. The second kappa shape index (κ2) is 13.2. The van der Waals surface area contributed by atoms with Gasteiger partial charge in [0.15, 0.2) is 0 Å². The van der Waals surface area contributed by atoms with Gasteiger partial charge in [-0.2, -0.15) is 0 Å². The summed E-state index contributed by atoms with van der Waals surface area (Å²) in [6, 6.07) is 0. The van der Waals surface area contributed by atoms with Crippen LogP contribution in [0, 0.1) is 23.7 Å². The van der Waals surface area contributed by atoms with E-state index in [1.165, 1.54) is 0 Å². The van der Waals surface area contributed by atoms with Crippen molar-refractivity contribution in [3.05, 3.63) is 0 Å². The van der Waals surface area contributed by atoms with Crippen molar-refractivity contribution in [2.24, 2.45) is 29.4 Å². The van der Waals surface area contributed by atoms with Crippen LogP contribution in [0.2, 0.25) is 0 Å². The summed E-state index contributed by atoms with van der Waals surface area (Å²) in [7, 11) is 0. The summed E-state index contributed by atoms with van der Waals surface area (Å²) >= 11 is 0. The van der Waals surface area contributed by atoms with Crippen LogP contribution >= 0.6 is 0 Å². The molecular weight excluding hydrogens is 286 g/mol. The smallest absolute Gasteiger partial charge is 0.304 e. The number of aldehydes is 1. The molecule has 0 aliphatic rings. The van der Waals surface area contributed by atoms with E-state index in [9.17, 15) is 14.4 Å². The second-order valence-corrected chi connectivity index (χ2v) is 6.45. The summed E-state index contributed by atoms with van der Waals surface area (Å²) in [4.78, 5) is 30.8. The minimum atomic E-state index is -0.900. The van der Waals surface area contributed by atoms with Crippen molar-refractivity contribution in [1.29, 1.82) is 0 Å². The van der Waals surface area contributed by atoms with E-state index >= 15 is 0 Å². The van der Waals surface area contributed by atoms with Gasteiger partial charge >= 0.3 is 11.9 Å². The molecule has 0 fully saturated rings. The van der Waals surface area contributed by atoms with Gasteiger partial charge in [-0.3, -0.25) is 9.59 Å². The first kappa shape index (κ1) is 22.8. The van der Waals surface area contributed by atoms with Gasteiger partial charge in [0.25, 0.3) is 0 Å². The van der Waals surface area contributed by atoms with Crippen LogP contribution in [0.1, 0.15) is 53.4 Å². The Labute approximate surface area is 133 Å². The lowest BCUT2D eigenvalue weighted by Crippen LogP contribution is -2.19. The van der Waals surface area contributed by atoms with Crippen LogP contribution in [0.15, 0.2) is 0 Å². The number of nitrogens with two attached hydrogens (primary N) is 1. The first-order valence-corrected chi connectivity index (χ1v) is 7.71. The van der Waals surface area contributed by atoms with Crippen molar-refractivity contribution >= 4 is 18.2 Å². The van der Waals surface area contributed by atoms with E-state index in [-0.39, 0.29) is 24.7 Å². The molecule has 0 aromatic carbocycles. The molecule has 4 N–H and O–H groups in total. The second-order valence-electron chi connectivity index (χ2n) is 6.45. The maximum Gasteiger partial charge on any atom is 0.304 e. The third kappa shape index (κ3) is 16.6. The zero-order valence-corrected chi connectivity index (χ0v) is 14.1. The number of rotatable bonds is 10. The van der Waals surface area contributed by atoms with E-state index in [1.807, 2.05) is 13.8 Å². The fraction of sp³-hybridized carbons (Fsp3) is 0.812. The van der Waals surface area contributed by atoms with E-state index in [0.29, 0.717) is 24.8 Å². The summed E-state index contributed by atoms with van der Waals surface area (Å²) in [6.07, 6.45) is 2.46. The highest BCUT2D eigenvalue weighted by Crippen LogP contribution is 2.13. The molecule has 0 bridgehead atoms. The first-order chi connectivity index (χ1) is 10.1. The number of hydrogen-bond acceptors (Lipinski definition) is 4. The zero-order chi connectivity index (χ0) is 17.7. The Balaban J connectivity index is 0. The average Bonchev–Trinajstić information content (AvgIpc) is 2.35. The standard InChI is InChI=1S/C8H17NO2.C8H14O3/c2*1-6(2)3-7(5-9)4-8(10)11/h6-7H,3-5,9H2,1-2H3,(H,10,11);5-7H,3-4H2,1-2H3,(H,10,11). The minimum Gasteiger partial charge on any atom is -0.481 e. The number of carbonyl (C=O) groups excluding carboxylic acids is 1. The van der Waals surface area contributed by atoms with Crippen LogP contribution in [-0.4, -0.2) is 35.0 Å². The third-order valence-corrected chi connectivity index (χ3v) is 3.00. The van der Waals surface area contributed by atoms with Crippen molar-refractivity contribution in [3.63, 3.8) is 0 Å². The molecule has 2 atom stereocenters. The summed E-state index contributed by atoms with van der Waals surface area (Å²) < 4.78 is 0. The average molecular weight is 317 g/mol. The predicted octanol–water partition coefficient (Wildman–Crippen LogP) is 2.40. The van der Waals surface area contributed by atoms with Gasteiger partial charge in [-0.15, -0.1) is 0 Å². The normalized spacial score (nSPS) is 13.2. The zero-order valence-electron chi connectivity index (χ0n) is 14.1. The molecule has 130 valence electrons. The van der Waals surface area contributed by atoms with Crippen LogP contribution < -0.4 is 5.73 Å². The summed E-state index contributed by atoms with van der Waals surface area (Å²) in [5.74, 6) is -0.906. The Morgan fingerprint density at radius 1 is 0.955 bits per heavy atom. The third-order valence-electron chi connectivity index (χ3n) is 3.00. The van der Waals surface area contributed by atoms with Crippen LogP contribution in [0.3, 0.4) is 0 Å². The molecule has 6 heteroatoms. The van der Waals surface area contributed by atoms with E-state index in [4.69, 9.17) is 15.9 Å². The number of carboxylic acids is 2. The molecule has 0 saturated carbocycles. The summed E-state index contributed by atoms with van der Waals surface area (Å²) in [5.41, 5.74) is 5.41. The van der Waals surface area contributed by atoms with Crippen molar-refractivity contribution in [1.82, 2.24) is 0 Å². The van der Waals surface area contributed by atoms with Crippen LogP contribution in [0.4, 0.5) is 0 Å². The molecule has 2 unspecified atom stereocenters. The summed E-state index contributed by atoms with van der Waals surface area (Å²) in [6.45, 7) is 8.57. The Morgan fingerprint density at radius 2 is 1.41 bits per heavy atom. The number of aliphatic carboxylic acids is 2. The molecule has 0 heterocycles. The number of carboxylic acid groups (broad SMARTS) is 2. The van der Waals surface area contributed by atoms with Gasteiger partial charge in [0, 0.05) is 12.3 Å². The quantitative estimate of drug-likeness (QED) is 0.532.